The van der Waals surface area contributed by atoms with Crippen molar-refractivity contribution in [2.45, 2.75) is 37.6 Å². The van der Waals surface area contributed by atoms with Crippen LogP contribution in [-0.2, 0) is 4.79 Å². The summed E-state index contributed by atoms with van der Waals surface area (Å²) in [6, 6.07) is 6.90. The number of thioether (sulfide) groups is 1. The lowest BCUT2D eigenvalue weighted by Gasteiger charge is -2.26. The van der Waals surface area contributed by atoms with Gasteiger partial charge in [0, 0.05) is 29.7 Å². The molecule has 112 valence electrons. The predicted molar refractivity (Wildman–Crippen MR) is 80.7 cm³/mol. The average molecular weight is 299 g/mol. The monoisotopic (exact) mass is 299 g/mol. The van der Waals surface area contributed by atoms with Crippen LogP contribution in [0.2, 0.25) is 0 Å². The molecule has 0 aliphatic carbocycles. The summed E-state index contributed by atoms with van der Waals surface area (Å²) >= 11 is 1.69. The van der Waals surface area contributed by atoms with Gasteiger partial charge in [0.2, 0.25) is 0 Å². The van der Waals surface area contributed by atoms with Crippen LogP contribution in [-0.4, -0.2) is 40.9 Å². The predicted octanol–water partition coefficient (Wildman–Crippen LogP) is 3.49. The molecule has 0 saturated heterocycles. The molecule has 0 fully saturated rings. The second-order valence-corrected chi connectivity index (χ2v) is 6.10. The van der Waals surface area contributed by atoms with Crippen molar-refractivity contribution >= 4 is 17.7 Å². The molecule has 0 saturated carbocycles. The van der Waals surface area contributed by atoms with Gasteiger partial charge in [-0.2, -0.15) is 0 Å². The molecule has 0 radical (unpaired) electrons. The standard InChI is InChI=1S/C15H22FNO2S/c1-12(2)17(9-3-4-15(18)19)10-11-20-14-7-5-13(16)6-8-14/h5-8,12H,3-4,9-11H2,1-2H3,(H,18,19). The fourth-order valence-electron chi connectivity index (χ4n) is 1.87. The molecule has 0 spiro atoms. The Kier molecular flexibility index (Phi) is 7.62. The van der Waals surface area contributed by atoms with E-state index in [1.54, 1.807) is 23.9 Å². The zero-order valence-electron chi connectivity index (χ0n) is 12.0. The van der Waals surface area contributed by atoms with Crippen LogP contribution in [0.4, 0.5) is 4.39 Å². The molecule has 1 aromatic carbocycles. The van der Waals surface area contributed by atoms with E-state index in [-0.39, 0.29) is 12.2 Å². The molecule has 0 aliphatic rings. The maximum atomic E-state index is 12.8. The lowest BCUT2D eigenvalue weighted by molar-refractivity contribution is -0.137. The van der Waals surface area contributed by atoms with Crippen LogP contribution in [0.3, 0.4) is 0 Å². The van der Waals surface area contributed by atoms with Crippen molar-refractivity contribution < 1.29 is 14.3 Å². The van der Waals surface area contributed by atoms with Crippen LogP contribution in [0.1, 0.15) is 26.7 Å². The molecule has 3 nitrogen and oxygen atoms in total. The lowest BCUT2D eigenvalue weighted by atomic mass is 10.2. The van der Waals surface area contributed by atoms with Crippen LogP contribution in [0, 0.1) is 5.82 Å². The van der Waals surface area contributed by atoms with Gasteiger partial charge in [-0.05, 0) is 51.1 Å². The van der Waals surface area contributed by atoms with Gasteiger partial charge in [0.05, 0.1) is 0 Å². The Balaban J connectivity index is 2.31. The van der Waals surface area contributed by atoms with Crippen LogP contribution < -0.4 is 0 Å². The number of benzene rings is 1. The SMILES string of the molecule is CC(C)N(CCCC(=O)O)CCSc1ccc(F)cc1. The molecular weight excluding hydrogens is 277 g/mol. The first-order valence-electron chi connectivity index (χ1n) is 6.83. The van der Waals surface area contributed by atoms with Crippen molar-refractivity contribution in [2.24, 2.45) is 0 Å². The summed E-state index contributed by atoms with van der Waals surface area (Å²) in [5, 5.41) is 8.66. The Morgan fingerprint density at radius 2 is 1.95 bits per heavy atom. The maximum absolute atomic E-state index is 12.8. The largest absolute Gasteiger partial charge is 0.481 e. The van der Waals surface area contributed by atoms with Gasteiger partial charge >= 0.3 is 5.97 Å². The third-order valence-corrected chi connectivity index (χ3v) is 4.02. The number of carboxylic acids is 1. The minimum atomic E-state index is -0.741. The summed E-state index contributed by atoms with van der Waals surface area (Å²) in [6.45, 7) is 5.93. The number of nitrogens with zero attached hydrogens (tertiary/aromatic N) is 1. The first-order chi connectivity index (χ1) is 9.49. The number of carbonyl (C=O) groups is 1. The van der Waals surface area contributed by atoms with Crippen molar-refractivity contribution in [2.75, 3.05) is 18.8 Å². The summed E-state index contributed by atoms with van der Waals surface area (Å²) in [5.74, 6) is -0.0436. The summed E-state index contributed by atoms with van der Waals surface area (Å²) in [7, 11) is 0. The molecule has 1 N–H and O–H groups in total. The molecule has 0 unspecified atom stereocenters. The van der Waals surface area contributed by atoms with Gasteiger partial charge in [0.25, 0.3) is 0 Å². The van der Waals surface area contributed by atoms with Crippen molar-refractivity contribution in [3.05, 3.63) is 30.1 Å². The number of aliphatic carboxylic acids is 1. The van der Waals surface area contributed by atoms with Crippen LogP contribution in [0.15, 0.2) is 29.2 Å². The third kappa shape index (κ3) is 6.91. The van der Waals surface area contributed by atoms with E-state index in [0.29, 0.717) is 12.5 Å². The van der Waals surface area contributed by atoms with E-state index >= 15 is 0 Å². The summed E-state index contributed by atoms with van der Waals surface area (Å²) < 4.78 is 12.8. The highest BCUT2D eigenvalue weighted by Crippen LogP contribution is 2.18. The Bertz CT molecular complexity index is 409. The number of halogens is 1. The zero-order valence-corrected chi connectivity index (χ0v) is 12.8. The highest BCUT2D eigenvalue weighted by molar-refractivity contribution is 7.99. The average Bonchev–Trinajstić information content (AvgIpc) is 2.38. The Morgan fingerprint density at radius 3 is 2.50 bits per heavy atom. The number of hydrogen-bond acceptors (Lipinski definition) is 3. The molecule has 1 aromatic rings. The first-order valence-corrected chi connectivity index (χ1v) is 7.82. The lowest BCUT2D eigenvalue weighted by Crippen LogP contribution is -2.34. The van der Waals surface area contributed by atoms with Gasteiger partial charge in [0.1, 0.15) is 5.82 Å². The molecule has 20 heavy (non-hydrogen) atoms. The minimum absolute atomic E-state index is 0.216. The Hall–Kier alpha value is -1.07. The van der Waals surface area contributed by atoms with E-state index in [1.165, 1.54) is 12.1 Å². The van der Waals surface area contributed by atoms with Gasteiger partial charge in [-0.15, -0.1) is 11.8 Å². The van der Waals surface area contributed by atoms with Gasteiger partial charge in [-0.3, -0.25) is 4.79 Å². The van der Waals surface area contributed by atoms with E-state index in [1.807, 2.05) is 0 Å². The summed E-state index contributed by atoms with van der Waals surface area (Å²) in [4.78, 5) is 13.9. The topological polar surface area (TPSA) is 40.5 Å². The van der Waals surface area contributed by atoms with Gasteiger partial charge < -0.3 is 10.0 Å². The van der Waals surface area contributed by atoms with E-state index in [0.717, 1.165) is 23.7 Å². The van der Waals surface area contributed by atoms with Gasteiger partial charge in [-0.25, -0.2) is 4.39 Å². The third-order valence-electron chi connectivity index (χ3n) is 3.03. The fourth-order valence-corrected chi connectivity index (χ4v) is 2.76. The van der Waals surface area contributed by atoms with Crippen molar-refractivity contribution in [1.82, 2.24) is 4.90 Å². The second-order valence-electron chi connectivity index (χ2n) is 4.93. The molecule has 0 aliphatic heterocycles. The Labute approximate surface area is 124 Å². The van der Waals surface area contributed by atoms with Crippen molar-refractivity contribution in [3.8, 4) is 0 Å². The van der Waals surface area contributed by atoms with E-state index < -0.39 is 5.97 Å². The van der Waals surface area contributed by atoms with Crippen LogP contribution in [0.5, 0.6) is 0 Å². The number of rotatable bonds is 9. The molecule has 5 heteroatoms. The quantitative estimate of drug-likeness (QED) is 0.709. The van der Waals surface area contributed by atoms with Gasteiger partial charge in [0.15, 0.2) is 0 Å². The zero-order chi connectivity index (χ0) is 15.0. The number of carboxylic acid groups (broad SMARTS) is 1. The minimum Gasteiger partial charge on any atom is -0.481 e. The molecule has 0 atom stereocenters. The maximum Gasteiger partial charge on any atom is 0.303 e. The molecule has 0 aromatic heterocycles. The van der Waals surface area contributed by atoms with Crippen LogP contribution >= 0.6 is 11.8 Å². The molecule has 0 bridgehead atoms. The fraction of sp³-hybridized carbons (Fsp3) is 0.533. The second kappa shape index (κ2) is 8.97. The van der Waals surface area contributed by atoms with E-state index in [2.05, 4.69) is 18.7 Å². The van der Waals surface area contributed by atoms with Crippen LogP contribution in [0.25, 0.3) is 0 Å². The smallest absolute Gasteiger partial charge is 0.303 e. The number of hydrogen-bond donors (Lipinski definition) is 1. The first kappa shape index (κ1) is 17.0. The van der Waals surface area contributed by atoms with Gasteiger partial charge in [-0.1, -0.05) is 0 Å². The van der Waals surface area contributed by atoms with Crippen molar-refractivity contribution in [1.29, 1.82) is 0 Å². The van der Waals surface area contributed by atoms with Crippen molar-refractivity contribution in [3.63, 3.8) is 0 Å². The van der Waals surface area contributed by atoms with E-state index in [4.69, 9.17) is 5.11 Å². The highest BCUT2D eigenvalue weighted by Gasteiger charge is 2.10. The molecular formula is C15H22FNO2S. The molecule has 1 rings (SSSR count). The normalized spacial score (nSPS) is 11.2. The molecule has 0 amide bonds. The summed E-state index contributed by atoms with van der Waals surface area (Å²) in [5.41, 5.74) is 0. The highest BCUT2D eigenvalue weighted by atomic mass is 32.2. The Morgan fingerprint density at radius 1 is 1.30 bits per heavy atom. The van der Waals surface area contributed by atoms with E-state index in [9.17, 15) is 9.18 Å². The summed E-state index contributed by atoms with van der Waals surface area (Å²) in [6.07, 6.45) is 0.892. The molecule has 0 heterocycles.